The second-order valence-corrected chi connectivity index (χ2v) is 5.93. The second kappa shape index (κ2) is 5.54. The molecule has 3 unspecified atom stereocenters. The molecule has 1 aromatic rings. The van der Waals surface area contributed by atoms with E-state index in [-0.39, 0.29) is 17.9 Å². The number of para-hydroxylation sites is 1. The molecule has 0 aliphatic carbocycles. The number of ether oxygens (including phenoxy) is 1. The lowest BCUT2D eigenvalue weighted by Crippen LogP contribution is -2.48. The van der Waals surface area contributed by atoms with Gasteiger partial charge in [0.15, 0.2) is 0 Å². The SMILES string of the molecule is CNC1COCC1C(=O)N1CC(C)Cc2ccccc21. The summed E-state index contributed by atoms with van der Waals surface area (Å²) in [7, 11) is 1.90. The van der Waals surface area contributed by atoms with Crippen molar-refractivity contribution in [3.05, 3.63) is 29.8 Å². The summed E-state index contributed by atoms with van der Waals surface area (Å²) >= 11 is 0. The van der Waals surface area contributed by atoms with E-state index in [0.29, 0.717) is 19.1 Å². The fourth-order valence-corrected chi connectivity index (χ4v) is 3.29. The highest BCUT2D eigenvalue weighted by Gasteiger charge is 2.38. The van der Waals surface area contributed by atoms with Crippen LogP contribution in [0.3, 0.4) is 0 Å². The number of carbonyl (C=O) groups is 1. The third-order valence-corrected chi connectivity index (χ3v) is 4.38. The molecule has 0 aromatic heterocycles. The molecule has 0 saturated carbocycles. The van der Waals surface area contributed by atoms with Crippen molar-refractivity contribution in [3.63, 3.8) is 0 Å². The van der Waals surface area contributed by atoms with Crippen LogP contribution >= 0.6 is 0 Å². The Morgan fingerprint density at radius 2 is 2.15 bits per heavy atom. The van der Waals surface area contributed by atoms with Gasteiger partial charge in [0.1, 0.15) is 0 Å². The van der Waals surface area contributed by atoms with Crippen molar-refractivity contribution >= 4 is 11.6 Å². The molecule has 20 heavy (non-hydrogen) atoms. The van der Waals surface area contributed by atoms with Gasteiger partial charge in [-0.05, 0) is 31.0 Å². The number of anilines is 1. The van der Waals surface area contributed by atoms with Gasteiger partial charge in [0.05, 0.1) is 19.1 Å². The van der Waals surface area contributed by atoms with Gasteiger partial charge in [0.2, 0.25) is 5.91 Å². The van der Waals surface area contributed by atoms with Gasteiger partial charge in [-0.25, -0.2) is 0 Å². The largest absolute Gasteiger partial charge is 0.379 e. The number of fused-ring (bicyclic) bond motifs is 1. The topological polar surface area (TPSA) is 41.6 Å². The summed E-state index contributed by atoms with van der Waals surface area (Å²) in [6, 6.07) is 8.38. The van der Waals surface area contributed by atoms with E-state index < -0.39 is 0 Å². The van der Waals surface area contributed by atoms with Crippen LogP contribution in [0.25, 0.3) is 0 Å². The van der Waals surface area contributed by atoms with Crippen LogP contribution in [0.5, 0.6) is 0 Å². The number of nitrogens with one attached hydrogen (secondary N) is 1. The maximum Gasteiger partial charge on any atom is 0.234 e. The number of carbonyl (C=O) groups excluding carboxylic acids is 1. The molecule has 2 aliphatic rings. The van der Waals surface area contributed by atoms with Crippen molar-refractivity contribution in [1.29, 1.82) is 0 Å². The highest BCUT2D eigenvalue weighted by molar-refractivity contribution is 5.97. The van der Waals surface area contributed by atoms with Crippen LogP contribution in [-0.4, -0.2) is 38.8 Å². The van der Waals surface area contributed by atoms with Crippen molar-refractivity contribution in [3.8, 4) is 0 Å². The molecule has 3 atom stereocenters. The molecule has 1 saturated heterocycles. The molecule has 2 aliphatic heterocycles. The molecule has 1 fully saturated rings. The van der Waals surface area contributed by atoms with Crippen molar-refractivity contribution in [2.45, 2.75) is 19.4 Å². The lowest BCUT2D eigenvalue weighted by Gasteiger charge is -2.35. The van der Waals surface area contributed by atoms with E-state index in [1.54, 1.807) is 0 Å². The first kappa shape index (κ1) is 13.6. The van der Waals surface area contributed by atoms with E-state index in [4.69, 9.17) is 4.74 Å². The zero-order chi connectivity index (χ0) is 14.1. The van der Waals surface area contributed by atoms with Crippen LogP contribution in [0, 0.1) is 11.8 Å². The minimum atomic E-state index is -0.0710. The van der Waals surface area contributed by atoms with Gasteiger partial charge >= 0.3 is 0 Å². The molecule has 108 valence electrons. The summed E-state index contributed by atoms with van der Waals surface area (Å²) in [6.07, 6.45) is 1.05. The Morgan fingerprint density at radius 1 is 1.35 bits per heavy atom. The van der Waals surface area contributed by atoms with Crippen LogP contribution in [0.2, 0.25) is 0 Å². The Kier molecular flexibility index (Phi) is 3.76. The third-order valence-electron chi connectivity index (χ3n) is 4.38. The van der Waals surface area contributed by atoms with Crippen molar-refractivity contribution in [1.82, 2.24) is 5.32 Å². The lowest BCUT2D eigenvalue weighted by atomic mass is 9.92. The molecular weight excluding hydrogens is 252 g/mol. The summed E-state index contributed by atoms with van der Waals surface area (Å²) < 4.78 is 5.48. The maximum atomic E-state index is 12.9. The highest BCUT2D eigenvalue weighted by Crippen LogP contribution is 2.31. The Labute approximate surface area is 120 Å². The molecule has 2 heterocycles. The molecule has 0 bridgehead atoms. The van der Waals surface area contributed by atoms with E-state index >= 15 is 0 Å². The summed E-state index contributed by atoms with van der Waals surface area (Å²) in [5.41, 5.74) is 2.36. The van der Waals surface area contributed by atoms with Crippen LogP contribution in [-0.2, 0) is 16.0 Å². The van der Waals surface area contributed by atoms with Gasteiger partial charge in [0, 0.05) is 18.3 Å². The number of hydrogen-bond donors (Lipinski definition) is 1. The molecule has 1 N–H and O–H groups in total. The summed E-state index contributed by atoms with van der Waals surface area (Å²) in [5, 5.41) is 3.20. The smallest absolute Gasteiger partial charge is 0.234 e. The zero-order valence-corrected chi connectivity index (χ0v) is 12.1. The number of hydrogen-bond acceptors (Lipinski definition) is 3. The van der Waals surface area contributed by atoms with E-state index in [0.717, 1.165) is 18.7 Å². The highest BCUT2D eigenvalue weighted by atomic mass is 16.5. The standard InChI is InChI=1S/C16H22N2O2/c1-11-7-12-5-3-4-6-15(12)18(8-11)16(19)13-9-20-10-14(13)17-2/h3-6,11,13-14,17H,7-10H2,1-2H3. The zero-order valence-electron chi connectivity index (χ0n) is 12.1. The fourth-order valence-electron chi connectivity index (χ4n) is 3.29. The van der Waals surface area contributed by atoms with Crippen LogP contribution in [0.1, 0.15) is 12.5 Å². The van der Waals surface area contributed by atoms with Crippen molar-refractivity contribution in [2.24, 2.45) is 11.8 Å². The quantitative estimate of drug-likeness (QED) is 0.887. The Bertz CT molecular complexity index is 503. The van der Waals surface area contributed by atoms with E-state index in [9.17, 15) is 4.79 Å². The molecular formula is C16H22N2O2. The summed E-state index contributed by atoms with van der Waals surface area (Å²) in [5.74, 6) is 0.628. The molecule has 3 rings (SSSR count). The molecule has 1 aromatic carbocycles. The van der Waals surface area contributed by atoms with Gasteiger partial charge < -0.3 is 15.0 Å². The molecule has 4 heteroatoms. The van der Waals surface area contributed by atoms with Crippen LogP contribution < -0.4 is 10.2 Å². The monoisotopic (exact) mass is 274 g/mol. The van der Waals surface area contributed by atoms with E-state index in [1.807, 2.05) is 18.0 Å². The summed E-state index contributed by atoms with van der Waals surface area (Å²) in [4.78, 5) is 14.8. The molecule has 0 radical (unpaired) electrons. The first-order valence-corrected chi connectivity index (χ1v) is 7.35. The summed E-state index contributed by atoms with van der Waals surface area (Å²) in [6.45, 7) is 4.16. The van der Waals surface area contributed by atoms with Gasteiger partial charge in [-0.15, -0.1) is 0 Å². The lowest BCUT2D eigenvalue weighted by molar-refractivity contribution is -0.123. The Balaban J connectivity index is 1.88. The van der Waals surface area contributed by atoms with E-state index in [1.165, 1.54) is 5.56 Å². The third kappa shape index (κ3) is 2.34. The van der Waals surface area contributed by atoms with Crippen LogP contribution in [0.15, 0.2) is 24.3 Å². The van der Waals surface area contributed by atoms with Crippen molar-refractivity contribution in [2.75, 3.05) is 31.7 Å². The normalized spacial score (nSPS) is 29.3. The minimum Gasteiger partial charge on any atom is -0.379 e. The van der Waals surface area contributed by atoms with Crippen molar-refractivity contribution < 1.29 is 9.53 Å². The Morgan fingerprint density at radius 3 is 2.95 bits per heavy atom. The second-order valence-electron chi connectivity index (χ2n) is 5.93. The average Bonchev–Trinajstić information content (AvgIpc) is 2.94. The minimum absolute atomic E-state index is 0.0710. The van der Waals surface area contributed by atoms with Gasteiger partial charge in [0.25, 0.3) is 0 Å². The number of rotatable bonds is 2. The molecule has 4 nitrogen and oxygen atoms in total. The van der Waals surface area contributed by atoms with Gasteiger partial charge in [-0.1, -0.05) is 25.1 Å². The number of benzene rings is 1. The number of nitrogens with zero attached hydrogens (tertiary/aromatic N) is 1. The molecule has 0 spiro atoms. The van der Waals surface area contributed by atoms with Crippen LogP contribution in [0.4, 0.5) is 5.69 Å². The molecule has 1 amide bonds. The van der Waals surface area contributed by atoms with E-state index in [2.05, 4.69) is 30.4 Å². The fraction of sp³-hybridized carbons (Fsp3) is 0.562. The number of likely N-dealkylation sites (N-methyl/N-ethyl adjacent to an activating group) is 1. The first-order valence-electron chi connectivity index (χ1n) is 7.35. The van der Waals surface area contributed by atoms with Gasteiger partial charge in [-0.2, -0.15) is 0 Å². The van der Waals surface area contributed by atoms with Gasteiger partial charge in [-0.3, -0.25) is 4.79 Å². The average molecular weight is 274 g/mol. The predicted molar refractivity (Wildman–Crippen MR) is 78.8 cm³/mol. The Hall–Kier alpha value is -1.39. The maximum absolute atomic E-state index is 12.9. The first-order chi connectivity index (χ1) is 9.70. The predicted octanol–water partition coefficient (Wildman–Crippen LogP) is 1.45. The number of amides is 1.